The molecule has 5 heteroatoms. The Morgan fingerprint density at radius 2 is 2.31 bits per heavy atom. The molecule has 1 heterocycles. The Hall–Kier alpha value is -1.60. The second kappa shape index (κ2) is 6.09. The van der Waals surface area contributed by atoms with Gasteiger partial charge in [-0.25, -0.2) is 9.97 Å². The zero-order valence-corrected chi connectivity index (χ0v) is 9.71. The van der Waals surface area contributed by atoms with E-state index in [0.29, 0.717) is 30.9 Å². The summed E-state index contributed by atoms with van der Waals surface area (Å²) in [6.07, 6.45) is 7.27. The van der Waals surface area contributed by atoms with Crippen LogP contribution in [0, 0.1) is 19.3 Å². The van der Waals surface area contributed by atoms with E-state index in [2.05, 4.69) is 21.2 Å². The minimum absolute atomic E-state index is 0.168. The summed E-state index contributed by atoms with van der Waals surface area (Å²) in [6.45, 7) is 2.37. The largest absolute Gasteiger partial charge is 0.369 e. The molecular formula is C11H12ClN3O. The molecule has 0 amide bonds. The van der Waals surface area contributed by atoms with Crippen molar-refractivity contribution < 1.29 is 4.79 Å². The SMILES string of the molecule is C#CCCCNc1nc(C)nc(Cl)c1C=O. The lowest BCUT2D eigenvalue weighted by Crippen LogP contribution is -2.08. The van der Waals surface area contributed by atoms with Gasteiger partial charge in [-0.05, 0) is 13.3 Å². The third-order valence-electron chi connectivity index (χ3n) is 1.92. The fourth-order valence-electron chi connectivity index (χ4n) is 1.18. The molecule has 0 aromatic carbocycles. The fraction of sp³-hybridized carbons (Fsp3) is 0.364. The van der Waals surface area contributed by atoms with Gasteiger partial charge in [-0.2, -0.15) is 0 Å². The van der Waals surface area contributed by atoms with Crippen LogP contribution in [0.15, 0.2) is 0 Å². The zero-order valence-electron chi connectivity index (χ0n) is 8.96. The first kappa shape index (κ1) is 12.5. The lowest BCUT2D eigenvalue weighted by molar-refractivity contribution is 0.112. The van der Waals surface area contributed by atoms with Gasteiger partial charge in [0.25, 0.3) is 0 Å². The van der Waals surface area contributed by atoms with Crippen molar-refractivity contribution in [2.24, 2.45) is 0 Å². The highest BCUT2D eigenvalue weighted by Gasteiger charge is 2.09. The fourth-order valence-corrected chi connectivity index (χ4v) is 1.44. The van der Waals surface area contributed by atoms with Crippen LogP contribution in [0.2, 0.25) is 5.15 Å². The highest BCUT2D eigenvalue weighted by Crippen LogP contribution is 2.18. The Morgan fingerprint density at radius 3 is 2.94 bits per heavy atom. The first-order valence-electron chi connectivity index (χ1n) is 4.85. The summed E-state index contributed by atoms with van der Waals surface area (Å²) in [5.41, 5.74) is 0.285. The van der Waals surface area contributed by atoms with Crippen LogP contribution in [-0.4, -0.2) is 22.8 Å². The van der Waals surface area contributed by atoms with Gasteiger partial charge >= 0.3 is 0 Å². The van der Waals surface area contributed by atoms with Crippen LogP contribution in [0.25, 0.3) is 0 Å². The number of rotatable bonds is 5. The maximum Gasteiger partial charge on any atom is 0.156 e. The molecule has 4 nitrogen and oxygen atoms in total. The van der Waals surface area contributed by atoms with E-state index in [4.69, 9.17) is 18.0 Å². The number of aromatic nitrogens is 2. The number of hydrogen-bond donors (Lipinski definition) is 1. The standard InChI is InChI=1S/C11H12ClN3O/c1-3-4-5-6-13-11-9(7-16)10(12)14-8(2)15-11/h1,7H,4-6H2,2H3,(H,13,14,15). The highest BCUT2D eigenvalue weighted by molar-refractivity contribution is 6.32. The summed E-state index contributed by atoms with van der Waals surface area (Å²) in [7, 11) is 0. The van der Waals surface area contributed by atoms with Gasteiger partial charge in [0.1, 0.15) is 16.8 Å². The molecule has 1 rings (SSSR count). The van der Waals surface area contributed by atoms with Crippen molar-refractivity contribution in [3.8, 4) is 12.3 Å². The predicted molar refractivity (Wildman–Crippen MR) is 63.7 cm³/mol. The van der Waals surface area contributed by atoms with Gasteiger partial charge in [0.2, 0.25) is 0 Å². The van der Waals surface area contributed by atoms with Gasteiger partial charge in [0.05, 0.1) is 5.56 Å². The Bertz CT molecular complexity index is 426. The van der Waals surface area contributed by atoms with E-state index in [1.165, 1.54) is 0 Å². The van der Waals surface area contributed by atoms with E-state index in [-0.39, 0.29) is 10.7 Å². The third-order valence-corrected chi connectivity index (χ3v) is 2.21. The molecule has 0 fully saturated rings. The molecule has 0 saturated carbocycles. The van der Waals surface area contributed by atoms with Crippen molar-refractivity contribution in [2.75, 3.05) is 11.9 Å². The maximum absolute atomic E-state index is 10.8. The quantitative estimate of drug-likeness (QED) is 0.369. The van der Waals surface area contributed by atoms with Crippen molar-refractivity contribution in [1.82, 2.24) is 9.97 Å². The number of carbonyl (C=O) groups excluding carboxylic acids is 1. The topological polar surface area (TPSA) is 54.9 Å². The molecule has 0 unspecified atom stereocenters. The average Bonchev–Trinajstić information content (AvgIpc) is 2.24. The number of unbranched alkanes of at least 4 members (excludes halogenated alkanes) is 1. The minimum Gasteiger partial charge on any atom is -0.369 e. The van der Waals surface area contributed by atoms with E-state index < -0.39 is 0 Å². The Balaban J connectivity index is 2.78. The molecule has 0 spiro atoms. The van der Waals surface area contributed by atoms with Crippen LogP contribution >= 0.6 is 11.6 Å². The summed E-state index contributed by atoms with van der Waals surface area (Å²) >= 11 is 5.82. The number of aldehydes is 1. The van der Waals surface area contributed by atoms with E-state index in [1.807, 2.05) is 0 Å². The Kier molecular flexibility index (Phi) is 4.74. The molecule has 0 aliphatic carbocycles. The first-order valence-corrected chi connectivity index (χ1v) is 5.23. The lowest BCUT2D eigenvalue weighted by Gasteiger charge is -2.08. The summed E-state index contributed by atoms with van der Waals surface area (Å²) in [5.74, 6) is 3.52. The number of nitrogens with one attached hydrogen (secondary N) is 1. The van der Waals surface area contributed by atoms with Crippen molar-refractivity contribution in [3.05, 3.63) is 16.5 Å². The van der Waals surface area contributed by atoms with E-state index >= 15 is 0 Å². The van der Waals surface area contributed by atoms with Crippen LogP contribution in [-0.2, 0) is 0 Å². The third kappa shape index (κ3) is 3.21. The molecule has 0 radical (unpaired) electrons. The smallest absolute Gasteiger partial charge is 0.156 e. The van der Waals surface area contributed by atoms with Crippen molar-refractivity contribution >= 4 is 23.7 Å². The number of anilines is 1. The molecule has 0 atom stereocenters. The molecule has 0 bridgehead atoms. The number of terminal acetylenes is 1. The van der Waals surface area contributed by atoms with E-state index in [0.717, 1.165) is 6.42 Å². The zero-order chi connectivity index (χ0) is 12.0. The summed E-state index contributed by atoms with van der Waals surface area (Å²) in [4.78, 5) is 18.8. The minimum atomic E-state index is 0.168. The average molecular weight is 238 g/mol. The number of hydrogen-bond acceptors (Lipinski definition) is 4. The number of carbonyl (C=O) groups is 1. The van der Waals surface area contributed by atoms with E-state index in [1.54, 1.807) is 6.92 Å². The maximum atomic E-state index is 10.8. The summed E-state index contributed by atoms with van der Waals surface area (Å²) < 4.78 is 0. The number of nitrogens with zero attached hydrogens (tertiary/aromatic N) is 2. The van der Waals surface area contributed by atoms with Gasteiger partial charge < -0.3 is 5.32 Å². The molecule has 0 aliphatic rings. The second-order valence-corrected chi connectivity index (χ2v) is 3.53. The van der Waals surface area contributed by atoms with Crippen LogP contribution in [0.1, 0.15) is 29.0 Å². The molecule has 16 heavy (non-hydrogen) atoms. The van der Waals surface area contributed by atoms with Gasteiger partial charge in [-0.3, -0.25) is 4.79 Å². The van der Waals surface area contributed by atoms with Gasteiger partial charge in [-0.1, -0.05) is 11.6 Å². The normalized spacial score (nSPS) is 9.56. The molecule has 1 aromatic heterocycles. The predicted octanol–water partition coefficient (Wildman–Crippen LogP) is 2.08. The number of aryl methyl sites for hydroxylation is 1. The van der Waals surface area contributed by atoms with Crippen molar-refractivity contribution in [1.29, 1.82) is 0 Å². The summed E-state index contributed by atoms with van der Waals surface area (Å²) in [5, 5.41) is 3.19. The van der Waals surface area contributed by atoms with Crippen molar-refractivity contribution in [2.45, 2.75) is 19.8 Å². The molecule has 0 aliphatic heterocycles. The summed E-state index contributed by atoms with van der Waals surface area (Å²) in [6, 6.07) is 0. The molecular weight excluding hydrogens is 226 g/mol. The molecule has 84 valence electrons. The Labute approximate surface area is 99.4 Å². The molecule has 1 N–H and O–H groups in total. The van der Waals surface area contributed by atoms with Crippen LogP contribution in [0.4, 0.5) is 5.82 Å². The van der Waals surface area contributed by atoms with E-state index in [9.17, 15) is 4.79 Å². The monoisotopic (exact) mass is 237 g/mol. The van der Waals surface area contributed by atoms with Gasteiger partial charge in [0, 0.05) is 13.0 Å². The van der Waals surface area contributed by atoms with Crippen LogP contribution in [0.3, 0.4) is 0 Å². The van der Waals surface area contributed by atoms with Crippen molar-refractivity contribution in [3.63, 3.8) is 0 Å². The van der Waals surface area contributed by atoms with Gasteiger partial charge in [0.15, 0.2) is 6.29 Å². The van der Waals surface area contributed by atoms with Crippen LogP contribution in [0.5, 0.6) is 0 Å². The first-order chi connectivity index (χ1) is 7.69. The Morgan fingerprint density at radius 1 is 1.56 bits per heavy atom. The highest BCUT2D eigenvalue weighted by atomic mass is 35.5. The number of halogens is 1. The van der Waals surface area contributed by atoms with Crippen LogP contribution < -0.4 is 5.32 Å². The second-order valence-electron chi connectivity index (χ2n) is 3.18. The lowest BCUT2D eigenvalue weighted by atomic mass is 10.3. The van der Waals surface area contributed by atoms with Gasteiger partial charge in [-0.15, -0.1) is 12.3 Å². The molecule has 0 saturated heterocycles. The molecule has 1 aromatic rings.